The van der Waals surface area contributed by atoms with Crippen LogP contribution in [0.3, 0.4) is 0 Å². The number of fused-ring (bicyclic) bond motifs is 1. The van der Waals surface area contributed by atoms with Crippen molar-refractivity contribution in [1.29, 1.82) is 0 Å². The van der Waals surface area contributed by atoms with E-state index in [1.807, 2.05) is 12.1 Å². The summed E-state index contributed by atoms with van der Waals surface area (Å²) in [7, 11) is -3.64. The molecule has 0 saturated carbocycles. The average molecular weight is 417 g/mol. The zero-order valence-corrected chi connectivity index (χ0v) is 16.1. The summed E-state index contributed by atoms with van der Waals surface area (Å²) in [4.78, 5) is 8.34. The summed E-state index contributed by atoms with van der Waals surface area (Å²) >= 11 is 7.24. The van der Waals surface area contributed by atoms with E-state index in [4.69, 9.17) is 11.6 Å². The van der Waals surface area contributed by atoms with Crippen molar-refractivity contribution in [2.45, 2.75) is 4.90 Å². The van der Waals surface area contributed by atoms with Crippen molar-refractivity contribution in [3.05, 3.63) is 71.5 Å². The summed E-state index contributed by atoms with van der Waals surface area (Å²) in [5.74, 6) is 0. The van der Waals surface area contributed by atoms with Crippen LogP contribution in [-0.2, 0) is 10.0 Å². The molecule has 2 aromatic heterocycles. The fraction of sp³-hybridized carbons (Fsp3) is 0. The average Bonchev–Trinajstić information content (AvgIpc) is 3.14. The van der Waals surface area contributed by atoms with Gasteiger partial charge in [-0.25, -0.2) is 8.42 Å². The van der Waals surface area contributed by atoms with E-state index in [-0.39, 0.29) is 4.90 Å². The normalized spacial score (nSPS) is 11.4. The van der Waals surface area contributed by atoms with E-state index in [1.165, 1.54) is 17.5 Å². The van der Waals surface area contributed by atoms with Crippen LogP contribution in [0, 0.1) is 0 Å². The molecule has 2 N–H and O–H groups in total. The van der Waals surface area contributed by atoms with E-state index in [0.29, 0.717) is 10.0 Å². The molecule has 0 radical (unpaired) electrons. The van der Waals surface area contributed by atoms with Crippen LogP contribution in [0.15, 0.2) is 71.3 Å². The smallest absolute Gasteiger partial charge is 0.262 e. The van der Waals surface area contributed by atoms with Crippen LogP contribution < -0.4 is 10.0 Å². The van der Waals surface area contributed by atoms with Crippen LogP contribution in [0.4, 0.5) is 16.4 Å². The zero-order chi connectivity index (χ0) is 18.9. The molecule has 27 heavy (non-hydrogen) atoms. The van der Waals surface area contributed by atoms with Gasteiger partial charge in [-0.2, -0.15) is 0 Å². The molecule has 0 atom stereocenters. The van der Waals surface area contributed by atoms with E-state index in [2.05, 4.69) is 20.0 Å². The summed E-state index contributed by atoms with van der Waals surface area (Å²) in [5, 5.41) is 5.30. The van der Waals surface area contributed by atoms with Crippen molar-refractivity contribution in [3.63, 3.8) is 0 Å². The zero-order valence-electron chi connectivity index (χ0n) is 13.8. The van der Waals surface area contributed by atoms with Gasteiger partial charge in [-0.1, -0.05) is 11.6 Å². The lowest BCUT2D eigenvalue weighted by atomic mass is 10.2. The second-order valence-electron chi connectivity index (χ2n) is 5.64. The molecule has 2 aromatic carbocycles. The van der Waals surface area contributed by atoms with Gasteiger partial charge in [-0.3, -0.25) is 14.7 Å². The molecule has 0 bridgehead atoms. The molecule has 4 aromatic rings. The number of hydrogen-bond acceptors (Lipinski definition) is 6. The Morgan fingerprint density at radius 1 is 1.04 bits per heavy atom. The lowest BCUT2D eigenvalue weighted by molar-refractivity contribution is 0.601. The Balaban J connectivity index is 1.58. The number of rotatable bonds is 5. The minimum absolute atomic E-state index is 0.174. The lowest BCUT2D eigenvalue weighted by Crippen LogP contribution is -2.11. The number of pyridine rings is 1. The molecular formula is C18H13ClN4O2S2. The number of thiazole rings is 1. The van der Waals surface area contributed by atoms with Gasteiger partial charge in [0.15, 0.2) is 0 Å². The summed E-state index contributed by atoms with van der Waals surface area (Å²) in [6, 6.07) is 13.9. The maximum atomic E-state index is 12.4. The lowest BCUT2D eigenvalue weighted by Gasteiger charge is -2.11. The van der Waals surface area contributed by atoms with Crippen molar-refractivity contribution in [2.75, 3.05) is 10.0 Å². The SMILES string of the molecule is O=S(=O)(Nc1cncs1)c1ccc(Nc2ccnc3cc(Cl)ccc23)cc1. The van der Waals surface area contributed by atoms with Crippen LogP contribution >= 0.6 is 22.9 Å². The highest BCUT2D eigenvalue weighted by atomic mass is 35.5. The van der Waals surface area contributed by atoms with Crippen LogP contribution in [0.2, 0.25) is 5.02 Å². The van der Waals surface area contributed by atoms with E-state index in [9.17, 15) is 8.42 Å². The number of aromatic nitrogens is 2. The third-order valence-electron chi connectivity index (χ3n) is 3.82. The Bertz CT molecular complexity index is 1190. The molecule has 0 saturated heterocycles. The van der Waals surface area contributed by atoms with Crippen molar-refractivity contribution in [1.82, 2.24) is 9.97 Å². The molecule has 0 aliphatic heterocycles. The summed E-state index contributed by atoms with van der Waals surface area (Å²) in [5.41, 5.74) is 3.96. The first-order valence-electron chi connectivity index (χ1n) is 7.84. The standard InChI is InChI=1S/C18H13ClN4O2S2/c19-12-1-6-15-16(7-8-21-17(15)9-12)22-13-2-4-14(5-3-13)27(24,25)23-18-10-20-11-26-18/h1-11,23H,(H,21,22). The molecule has 2 heterocycles. The number of halogens is 1. The predicted octanol–water partition coefficient (Wildman–Crippen LogP) is 4.89. The molecule has 136 valence electrons. The van der Waals surface area contributed by atoms with Crippen LogP contribution in [0.5, 0.6) is 0 Å². The van der Waals surface area contributed by atoms with Gasteiger partial charge < -0.3 is 5.32 Å². The Morgan fingerprint density at radius 3 is 2.59 bits per heavy atom. The molecule has 9 heteroatoms. The van der Waals surface area contributed by atoms with Gasteiger partial charge in [0.05, 0.1) is 22.1 Å². The molecule has 4 rings (SSSR count). The van der Waals surface area contributed by atoms with E-state index < -0.39 is 10.0 Å². The first-order valence-corrected chi connectivity index (χ1v) is 10.6. The van der Waals surface area contributed by atoms with Gasteiger partial charge >= 0.3 is 0 Å². The van der Waals surface area contributed by atoms with E-state index >= 15 is 0 Å². The number of benzene rings is 2. The maximum absolute atomic E-state index is 12.4. The van der Waals surface area contributed by atoms with E-state index in [1.54, 1.807) is 48.1 Å². The molecular weight excluding hydrogens is 404 g/mol. The first kappa shape index (κ1) is 17.7. The fourth-order valence-corrected chi connectivity index (χ4v) is 4.54. The molecule has 0 aliphatic carbocycles. The Labute approximate surface area is 164 Å². The third kappa shape index (κ3) is 3.87. The van der Waals surface area contributed by atoms with Gasteiger partial charge in [0, 0.05) is 28.0 Å². The largest absolute Gasteiger partial charge is 0.355 e. The summed E-state index contributed by atoms with van der Waals surface area (Å²) in [6.45, 7) is 0. The highest BCUT2D eigenvalue weighted by Gasteiger charge is 2.15. The molecule has 0 amide bonds. The van der Waals surface area contributed by atoms with Crippen molar-refractivity contribution >= 4 is 60.2 Å². The highest BCUT2D eigenvalue weighted by molar-refractivity contribution is 7.93. The number of hydrogen-bond donors (Lipinski definition) is 2. The van der Waals surface area contributed by atoms with Crippen molar-refractivity contribution in [3.8, 4) is 0 Å². The van der Waals surface area contributed by atoms with E-state index in [0.717, 1.165) is 22.3 Å². The highest BCUT2D eigenvalue weighted by Crippen LogP contribution is 2.28. The maximum Gasteiger partial charge on any atom is 0.262 e. The monoisotopic (exact) mass is 416 g/mol. The minimum atomic E-state index is -3.64. The van der Waals surface area contributed by atoms with Crippen molar-refractivity contribution < 1.29 is 8.42 Å². The Morgan fingerprint density at radius 2 is 1.85 bits per heavy atom. The van der Waals surface area contributed by atoms with Gasteiger partial charge in [-0.05, 0) is 48.5 Å². The van der Waals surface area contributed by atoms with Crippen LogP contribution in [-0.4, -0.2) is 18.4 Å². The molecule has 0 spiro atoms. The second kappa shape index (κ2) is 7.15. The quantitative estimate of drug-likeness (QED) is 0.484. The fourth-order valence-electron chi connectivity index (χ4n) is 2.56. The number of anilines is 3. The first-order chi connectivity index (χ1) is 13.0. The number of nitrogens with zero attached hydrogens (tertiary/aromatic N) is 2. The molecule has 6 nitrogen and oxygen atoms in total. The molecule has 0 fully saturated rings. The summed E-state index contributed by atoms with van der Waals surface area (Å²) in [6.07, 6.45) is 3.16. The van der Waals surface area contributed by atoms with Gasteiger partial charge in [0.25, 0.3) is 10.0 Å². The van der Waals surface area contributed by atoms with Gasteiger partial charge in [0.2, 0.25) is 0 Å². The minimum Gasteiger partial charge on any atom is -0.355 e. The Hall–Kier alpha value is -2.68. The predicted molar refractivity (Wildman–Crippen MR) is 109 cm³/mol. The number of sulfonamides is 1. The Kier molecular flexibility index (Phi) is 4.69. The van der Waals surface area contributed by atoms with Crippen molar-refractivity contribution in [2.24, 2.45) is 0 Å². The number of nitrogens with one attached hydrogen (secondary N) is 2. The van der Waals surface area contributed by atoms with Crippen LogP contribution in [0.1, 0.15) is 0 Å². The second-order valence-corrected chi connectivity index (χ2v) is 8.65. The molecule has 0 unspecified atom stereocenters. The van der Waals surface area contributed by atoms with Gasteiger partial charge in [0.1, 0.15) is 5.00 Å². The van der Waals surface area contributed by atoms with Gasteiger partial charge in [-0.15, -0.1) is 11.3 Å². The molecule has 0 aliphatic rings. The third-order valence-corrected chi connectivity index (χ3v) is 6.25. The van der Waals surface area contributed by atoms with Crippen LogP contribution in [0.25, 0.3) is 10.9 Å². The topological polar surface area (TPSA) is 84.0 Å². The summed E-state index contributed by atoms with van der Waals surface area (Å²) < 4.78 is 27.3.